The van der Waals surface area contributed by atoms with Gasteiger partial charge in [-0.25, -0.2) is 9.97 Å². The molecule has 1 rings (SSSR count). The maximum Gasteiger partial charge on any atom is 0.222 e. The number of methoxy groups -OCH3 is 1. The summed E-state index contributed by atoms with van der Waals surface area (Å²) >= 11 is 0. The van der Waals surface area contributed by atoms with Crippen LogP contribution in [-0.4, -0.2) is 30.7 Å². The van der Waals surface area contributed by atoms with Crippen LogP contribution in [0, 0.1) is 0 Å². The molecule has 0 spiro atoms. The van der Waals surface area contributed by atoms with Gasteiger partial charge in [-0.15, -0.1) is 0 Å². The largest absolute Gasteiger partial charge is 0.396 e. The number of nitrogens with one attached hydrogen (secondary N) is 1. The third-order valence-electron chi connectivity index (χ3n) is 1.67. The topological polar surface area (TPSA) is 73.1 Å². The monoisotopic (exact) mass is 182 g/mol. The number of anilines is 2. The molecule has 5 heteroatoms. The average Bonchev–Trinajstić information content (AvgIpc) is 2.17. The van der Waals surface area contributed by atoms with Crippen molar-refractivity contribution in [2.45, 2.75) is 6.42 Å². The first kappa shape index (κ1) is 9.73. The zero-order chi connectivity index (χ0) is 9.68. The van der Waals surface area contributed by atoms with E-state index >= 15 is 0 Å². The molecule has 0 saturated heterocycles. The Labute approximate surface area is 77.3 Å². The quantitative estimate of drug-likeness (QED) is 0.700. The third kappa shape index (κ3) is 2.55. The summed E-state index contributed by atoms with van der Waals surface area (Å²) in [5, 5.41) is 2.85. The number of nitrogen functional groups attached to an aromatic ring is 1. The molecule has 0 aromatic carbocycles. The first-order valence-corrected chi connectivity index (χ1v) is 4.06. The first-order chi connectivity index (χ1) is 6.27. The zero-order valence-corrected chi connectivity index (χ0v) is 7.87. The van der Waals surface area contributed by atoms with Crippen molar-refractivity contribution in [3.8, 4) is 0 Å². The molecule has 72 valence electrons. The fraction of sp³-hybridized carbons (Fsp3) is 0.500. The van der Waals surface area contributed by atoms with Crippen molar-refractivity contribution in [3.05, 3.63) is 11.9 Å². The van der Waals surface area contributed by atoms with Crippen molar-refractivity contribution in [2.24, 2.45) is 0 Å². The zero-order valence-electron chi connectivity index (χ0n) is 7.87. The summed E-state index contributed by atoms with van der Waals surface area (Å²) in [6, 6.07) is 0. The van der Waals surface area contributed by atoms with Gasteiger partial charge in [-0.2, -0.15) is 0 Å². The predicted octanol–water partition coefficient (Wildman–Crippen LogP) is 0.289. The predicted molar refractivity (Wildman–Crippen MR) is 51.6 cm³/mol. The summed E-state index contributed by atoms with van der Waals surface area (Å²) in [5.41, 5.74) is 7.10. The summed E-state index contributed by atoms with van der Waals surface area (Å²) in [5.74, 6) is 0.584. The molecular formula is C8H14N4O. The lowest BCUT2D eigenvalue weighted by molar-refractivity contribution is 0.201. The van der Waals surface area contributed by atoms with E-state index in [9.17, 15) is 0 Å². The SMILES string of the molecule is CNc1ncc(N)c(CCOC)n1. The fourth-order valence-electron chi connectivity index (χ4n) is 0.946. The van der Waals surface area contributed by atoms with E-state index in [4.69, 9.17) is 10.5 Å². The normalized spacial score (nSPS) is 10.0. The molecule has 0 atom stereocenters. The van der Waals surface area contributed by atoms with E-state index in [1.807, 2.05) is 0 Å². The Hall–Kier alpha value is -1.36. The van der Waals surface area contributed by atoms with Crippen molar-refractivity contribution < 1.29 is 4.74 Å². The Kier molecular flexibility index (Phi) is 3.45. The van der Waals surface area contributed by atoms with Gasteiger partial charge in [0.1, 0.15) is 0 Å². The molecule has 1 aromatic rings. The van der Waals surface area contributed by atoms with Gasteiger partial charge < -0.3 is 15.8 Å². The molecule has 0 radical (unpaired) electrons. The molecule has 13 heavy (non-hydrogen) atoms. The van der Waals surface area contributed by atoms with Crippen molar-refractivity contribution in [1.29, 1.82) is 0 Å². The Morgan fingerprint density at radius 3 is 3.00 bits per heavy atom. The molecule has 0 saturated carbocycles. The van der Waals surface area contributed by atoms with Gasteiger partial charge in [-0.3, -0.25) is 0 Å². The van der Waals surface area contributed by atoms with Crippen LogP contribution in [0.2, 0.25) is 0 Å². The minimum atomic E-state index is 0.584. The molecule has 0 amide bonds. The number of ether oxygens (including phenoxy) is 1. The van der Waals surface area contributed by atoms with Gasteiger partial charge in [0, 0.05) is 20.6 Å². The summed E-state index contributed by atoms with van der Waals surface area (Å²) in [4.78, 5) is 8.18. The van der Waals surface area contributed by atoms with Crippen molar-refractivity contribution >= 4 is 11.6 Å². The van der Waals surface area contributed by atoms with Crippen molar-refractivity contribution in [1.82, 2.24) is 9.97 Å². The minimum absolute atomic E-state index is 0.584. The molecule has 1 heterocycles. The fourth-order valence-corrected chi connectivity index (χ4v) is 0.946. The molecule has 0 fully saturated rings. The van der Waals surface area contributed by atoms with Gasteiger partial charge in [0.15, 0.2) is 0 Å². The maximum atomic E-state index is 5.68. The second-order valence-electron chi connectivity index (χ2n) is 2.59. The second-order valence-corrected chi connectivity index (χ2v) is 2.59. The van der Waals surface area contributed by atoms with Crippen LogP contribution < -0.4 is 11.1 Å². The van der Waals surface area contributed by atoms with Crippen LogP contribution in [0.25, 0.3) is 0 Å². The van der Waals surface area contributed by atoms with Gasteiger partial charge in [0.2, 0.25) is 5.95 Å². The smallest absolute Gasteiger partial charge is 0.222 e. The standard InChI is InChI=1S/C8H14N4O/c1-10-8-11-5-6(9)7(12-8)3-4-13-2/h5H,3-4,9H2,1-2H3,(H,10,11,12). The summed E-state index contributed by atoms with van der Waals surface area (Å²) < 4.78 is 4.94. The molecule has 5 nitrogen and oxygen atoms in total. The van der Waals surface area contributed by atoms with E-state index in [2.05, 4.69) is 15.3 Å². The van der Waals surface area contributed by atoms with Gasteiger partial charge in [-0.05, 0) is 0 Å². The number of nitrogens with zero attached hydrogens (tertiary/aromatic N) is 2. The Balaban J connectivity index is 2.78. The van der Waals surface area contributed by atoms with Gasteiger partial charge >= 0.3 is 0 Å². The van der Waals surface area contributed by atoms with E-state index in [0.29, 0.717) is 24.7 Å². The maximum absolute atomic E-state index is 5.68. The van der Waals surface area contributed by atoms with Crippen molar-refractivity contribution in [3.63, 3.8) is 0 Å². The highest BCUT2D eigenvalue weighted by molar-refractivity contribution is 5.43. The van der Waals surface area contributed by atoms with Crippen LogP contribution in [0.4, 0.5) is 11.6 Å². The van der Waals surface area contributed by atoms with E-state index in [-0.39, 0.29) is 0 Å². The van der Waals surface area contributed by atoms with Crippen molar-refractivity contribution in [2.75, 3.05) is 31.8 Å². The molecular weight excluding hydrogens is 168 g/mol. The second kappa shape index (κ2) is 4.61. The first-order valence-electron chi connectivity index (χ1n) is 4.06. The summed E-state index contributed by atoms with van der Waals surface area (Å²) in [7, 11) is 3.42. The average molecular weight is 182 g/mol. The van der Waals surface area contributed by atoms with Crippen LogP contribution in [-0.2, 0) is 11.2 Å². The highest BCUT2D eigenvalue weighted by Crippen LogP contribution is 2.09. The number of hydrogen-bond acceptors (Lipinski definition) is 5. The molecule has 1 aromatic heterocycles. The lowest BCUT2D eigenvalue weighted by Gasteiger charge is -2.05. The van der Waals surface area contributed by atoms with Crippen LogP contribution in [0.5, 0.6) is 0 Å². The molecule has 0 unspecified atom stereocenters. The van der Waals surface area contributed by atoms with Crippen LogP contribution in [0.3, 0.4) is 0 Å². The Bertz CT molecular complexity index is 277. The Morgan fingerprint density at radius 1 is 1.62 bits per heavy atom. The molecule has 3 N–H and O–H groups in total. The number of nitrogens with two attached hydrogens (primary N) is 1. The number of hydrogen-bond donors (Lipinski definition) is 2. The van der Waals surface area contributed by atoms with E-state index in [1.165, 1.54) is 0 Å². The molecule has 0 bridgehead atoms. The minimum Gasteiger partial charge on any atom is -0.396 e. The van der Waals surface area contributed by atoms with E-state index < -0.39 is 0 Å². The lowest BCUT2D eigenvalue weighted by Crippen LogP contribution is -2.06. The van der Waals surface area contributed by atoms with Gasteiger partial charge in [-0.1, -0.05) is 0 Å². The summed E-state index contributed by atoms with van der Waals surface area (Å²) in [6.07, 6.45) is 2.31. The highest BCUT2D eigenvalue weighted by atomic mass is 16.5. The lowest BCUT2D eigenvalue weighted by atomic mass is 10.3. The van der Waals surface area contributed by atoms with E-state index in [0.717, 1.165) is 5.69 Å². The van der Waals surface area contributed by atoms with Gasteiger partial charge in [0.05, 0.1) is 24.2 Å². The van der Waals surface area contributed by atoms with Gasteiger partial charge in [0.25, 0.3) is 0 Å². The molecule has 0 aliphatic carbocycles. The number of aromatic nitrogens is 2. The molecule has 0 aliphatic rings. The van der Waals surface area contributed by atoms with Crippen LogP contribution in [0.15, 0.2) is 6.20 Å². The highest BCUT2D eigenvalue weighted by Gasteiger charge is 2.02. The van der Waals surface area contributed by atoms with Crippen LogP contribution in [0.1, 0.15) is 5.69 Å². The third-order valence-corrected chi connectivity index (χ3v) is 1.67. The Morgan fingerprint density at radius 2 is 2.38 bits per heavy atom. The van der Waals surface area contributed by atoms with E-state index in [1.54, 1.807) is 20.4 Å². The number of rotatable bonds is 4. The molecule has 0 aliphatic heterocycles. The summed E-state index contributed by atoms with van der Waals surface area (Å²) in [6.45, 7) is 0.615. The van der Waals surface area contributed by atoms with Crippen LogP contribution >= 0.6 is 0 Å².